The number of benzene rings is 2. The molecule has 0 fully saturated rings. The second-order valence-electron chi connectivity index (χ2n) is 6.43. The maximum Gasteiger partial charge on any atom is 0.147 e. The molecule has 0 saturated heterocycles. The van der Waals surface area contributed by atoms with Gasteiger partial charge in [0.15, 0.2) is 0 Å². The molecule has 0 amide bonds. The van der Waals surface area contributed by atoms with E-state index in [9.17, 15) is 5.11 Å². The van der Waals surface area contributed by atoms with Gasteiger partial charge in [0.2, 0.25) is 0 Å². The van der Waals surface area contributed by atoms with Crippen molar-refractivity contribution >= 4 is 28.3 Å². The minimum atomic E-state index is -0.286. The van der Waals surface area contributed by atoms with E-state index in [1.807, 2.05) is 49.4 Å². The van der Waals surface area contributed by atoms with Crippen LogP contribution >= 0.6 is 11.6 Å². The molecule has 5 heteroatoms. The quantitative estimate of drug-likeness (QED) is 0.494. The van der Waals surface area contributed by atoms with Crippen molar-refractivity contribution in [2.45, 2.75) is 13.0 Å². The van der Waals surface area contributed by atoms with Crippen LogP contribution in [-0.4, -0.2) is 15.1 Å². The highest BCUT2D eigenvalue weighted by atomic mass is 35.5. The number of fused-ring (bicyclic) bond motifs is 1. The summed E-state index contributed by atoms with van der Waals surface area (Å²) >= 11 is 5.95. The SMILES string of the molecule is Cc1ccc(C(Nc2ccc(Cl)cn2)c2ccc3cccnc3c2O)cc1. The van der Waals surface area contributed by atoms with Gasteiger partial charge >= 0.3 is 0 Å². The first-order valence-corrected chi connectivity index (χ1v) is 9.01. The lowest BCUT2D eigenvalue weighted by atomic mass is 9.95. The zero-order valence-corrected chi connectivity index (χ0v) is 15.5. The van der Waals surface area contributed by atoms with Gasteiger partial charge in [0, 0.05) is 23.3 Å². The maximum absolute atomic E-state index is 10.9. The van der Waals surface area contributed by atoms with Gasteiger partial charge in [-0.3, -0.25) is 4.98 Å². The maximum atomic E-state index is 10.9. The predicted octanol–water partition coefficient (Wildman–Crippen LogP) is 5.50. The standard InChI is InChI=1S/C22H18ClN3O/c1-14-4-6-16(7-5-14)20(26-19-11-9-17(23)13-25-19)18-10-8-15-3-2-12-24-21(15)22(18)27/h2-13,20,27H,1H3,(H,25,26). The number of nitrogens with one attached hydrogen (secondary N) is 1. The van der Waals surface area contributed by atoms with Crippen molar-refractivity contribution in [2.75, 3.05) is 5.32 Å². The molecule has 4 rings (SSSR count). The van der Waals surface area contributed by atoms with Crippen LogP contribution < -0.4 is 5.32 Å². The van der Waals surface area contributed by atoms with E-state index in [0.717, 1.165) is 16.5 Å². The van der Waals surface area contributed by atoms with Crippen LogP contribution in [-0.2, 0) is 0 Å². The average Bonchev–Trinajstić information content (AvgIpc) is 2.69. The molecule has 4 nitrogen and oxygen atoms in total. The Balaban J connectivity index is 1.83. The van der Waals surface area contributed by atoms with Crippen LogP contribution in [0.3, 0.4) is 0 Å². The number of hydrogen-bond donors (Lipinski definition) is 2. The number of aromatic hydroxyl groups is 1. The lowest BCUT2D eigenvalue weighted by molar-refractivity contribution is 0.471. The summed E-state index contributed by atoms with van der Waals surface area (Å²) < 4.78 is 0. The van der Waals surface area contributed by atoms with Crippen molar-refractivity contribution in [1.82, 2.24) is 9.97 Å². The summed E-state index contributed by atoms with van der Waals surface area (Å²) in [5.41, 5.74) is 3.51. The Hall–Kier alpha value is -3.11. The van der Waals surface area contributed by atoms with Gasteiger partial charge < -0.3 is 10.4 Å². The van der Waals surface area contributed by atoms with Crippen LogP contribution in [0.4, 0.5) is 5.82 Å². The molecule has 0 aliphatic rings. The van der Waals surface area contributed by atoms with E-state index in [1.165, 1.54) is 5.56 Å². The number of aryl methyl sites for hydroxylation is 1. The molecular formula is C22H18ClN3O. The second-order valence-corrected chi connectivity index (χ2v) is 6.86. The zero-order chi connectivity index (χ0) is 18.8. The van der Waals surface area contributed by atoms with Crippen LogP contribution in [0.5, 0.6) is 5.75 Å². The summed E-state index contributed by atoms with van der Waals surface area (Å²) in [5.74, 6) is 0.839. The van der Waals surface area contributed by atoms with E-state index < -0.39 is 0 Å². The molecule has 0 aliphatic heterocycles. The van der Waals surface area contributed by atoms with Crippen molar-refractivity contribution in [2.24, 2.45) is 0 Å². The minimum absolute atomic E-state index is 0.167. The van der Waals surface area contributed by atoms with Crippen molar-refractivity contribution in [3.8, 4) is 5.75 Å². The van der Waals surface area contributed by atoms with Crippen LogP contribution in [0.15, 0.2) is 73.1 Å². The predicted molar refractivity (Wildman–Crippen MR) is 109 cm³/mol. The Bertz CT molecular complexity index is 1080. The van der Waals surface area contributed by atoms with Gasteiger partial charge in [-0.2, -0.15) is 0 Å². The number of phenols is 1. The first-order chi connectivity index (χ1) is 13.1. The summed E-state index contributed by atoms with van der Waals surface area (Å²) in [6, 6.07) is 19.2. The van der Waals surface area contributed by atoms with Gasteiger partial charge in [-0.1, -0.05) is 59.6 Å². The van der Waals surface area contributed by atoms with E-state index in [0.29, 0.717) is 16.4 Å². The number of hydrogen-bond acceptors (Lipinski definition) is 4. The third kappa shape index (κ3) is 3.57. The molecule has 0 spiro atoms. The second kappa shape index (κ2) is 7.25. The fourth-order valence-corrected chi connectivity index (χ4v) is 3.20. The molecule has 0 bridgehead atoms. The third-order valence-corrected chi connectivity index (χ3v) is 4.74. The largest absolute Gasteiger partial charge is 0.505 e. The average molecular weight is 376 g/mol. The van der Waals surface area contributed by atoms with Gasteiger partial charge in [0.1, 0.15) is 17.1 Å². The molecule has 2 N–H and O–H groups in total. The number of pyridine rings is 2. The van der Waals surface area contributed by atoms with Crippen LogP contribution in [0.1, 0.15) is 22.7 Å². The minimum Gasteiger partial charge on any atom is -0.505 e. The summed E-state index contributed by atoms with van der Waals surface area (Å²) in [6.45, 7) is 2.05. The molecule has 1 unspecified atom stereocenters. The van der Waals surface area contributed by atoms with Crippen molar-refractivity contribution in [3.05, 3.63) is 94.8 Å². The van der Waals surface area contributed by atoms with Gasteiger partial charge in [-0.25, -0.2) is 4.98 Å². The van der Waals surface area contributed by atoms with E-state index >= 15 is 0 Å². The molecule has 27 heavy (non-hydrogen) atoms. The number of nitrogens with zero attached hydrogens (tertiary/aromatic N) is 2. The van der Waals surface area contributed by atoms with E-state index in [-0.39, 0.29) is 11.8 Å². The molecule has 2 aromatic heterocycles. The summed E-state index contributed by atoms with van der Waals surface area (Å²) in [5, 5.41) is 15.8. The van der Waals surface area contributed by atoms with Crippen molar-refractivity contribution in [1.29, 1.82) is 0 Å². The molecular weight excluding hydrogens is 358 g/mol. The highest BCUT2D eigenvalue weighted by Gasteiger charge is 2.20. The summed E-state index contributed by atoms with van der Waals surface area (Å²) in [6.07, 6.45) is 3.28. The zero-order valence-electron chi connectivity index (χ0n) is 14.7. The number of phenolic OH excluding ortho intramolecular Hbond substituents is 1. The summed E-state index contributed by atoms with van der Waals surface area (Å²) in [7, 11) is 0. The van der Waals surface area contributed by atoms with Gasteiger partial charge in [-0.15, -0.1) is 0 Å². The highest BCUT2D eigenvalue weighted by molar-refractivity contribution is 6.30. The van der Waals surface area contributed by atoms with Gasteiger partial charge in [0.25, 0.3) is 0 Å². The topological polar surface area (TPSA) is 58.0 Å². The Morgan fingerprint density at radius 1 is 0.963 bits per heavy atom. The molecule has 1 atom stereocenters. The smallest absolute Gasteiger partial charge is 0.147 e. The Labute approximate surface area is 162 Å². The number of anilines is 1. The molecule has 2 heterocycles. The van der Waals surface area contributed by atoms with Crippen LogP contribution in [0, 0.1) is 6.92 Å². The van der Waals surface area contributed by atoms with Crippen molar-refractivity contribution in [3.63, 3.8) is 0 Å². The van der Waals surface area contributed by atoms with Gasteiger partial charge in [-0.05, 0) is 30.7 Å². The van der Waals surface area contributed by atoms with Crippen molar-refractivity contribution < 1.29 is 5.11 Å². The van der Waals surface area contributed by atoms with E-state index in [1.54, 1.807) is 18.5 Å². The highest BCUT2D eigenvalue weighted by Crippen LogP contribution is 2.36. The molecule has 2 aromatic carbocycles. The number of rotatable bonds is 4. The molecule has 4 aromatic rings. The normalized spacial score (nSPS) is 12.1. The monoisotopic (exact) mass is 375 g/mol. The molecule has 0 aliphatic carbocycles. The fraction of sp³-hybridized carbons (Fsp3) is 0.0909. The summed E-state index contributed by atoms with van der Waals surface area (Å²) in [4.78, 5) is 8.68. The van der Waals surface area contributed by atoms with E-state index in [4.69, 9.17) is 11.6 Å². The molecule has 134 valence electrons. The first-order valence-electron chi connectivity index (χ1n) is 8.63. The lowest BCUT2D eigenvalue weighted by Crippen LogP contribution is -2.13. The Morgan fingerprint density at radius 3 is 2.52 bits per heavy atom. The third-order valence-electron chi connectivity index (χ3n) is 4.52. The number of aromatic nitrogens is 2. The molecule has 0 radical (unpaired) electrons. The molecule has 0 saturated carbocycles. The fourth-order valence-electron chi connectivity index (χ4n) is 3.09. The van der Waals surface area contributed by atoms with Crippen LogP contribution in [0.25, 0.3) is 10.9 Å². The lowest BCUT2D eigenvalue weighted by Gasteiger charge is -2.22. The Morgan fingerprint density at radius 2 is 1.78 bits per heavy atom. The Kier molecular flexibility index (Phi) is 4.65. The van der Waals surface area contributed by atoms with Gasteiger partial charge in [0.05, 0.1) is 11.1 Å². The van der Waals surface area contributed by atoms with Crippen LogP contribution in [0.2, 0.25) is 5.02 Å². The number of halogens is 1. The van der Waals surface area contributed by atoms with E-state index in [2.05, 4.69) is 27.4 Å². The first kappa shape index (κ1) is 17.3.